The third-order valence-electron chi connectivity index (χ3n) is 11.1. The van der Waals surface area contributed by atoms with E-state index in [9.17, 15) is 0 Å². The second kappa shape index (κ2) is 29.9. The molecular formula is C52H88O8. The van der Waals surface area contributed by atoms with E-state index in [0.717, 1.165) is 121 Å². The Labute approximate surface area is 367 Å². The maximum atomic E-state index is 15.3. The molecule has 60 heavy (non-hydrogen) atoms. The number of hydrogen-bond acceptors (Lipinski definition) is 8. The third kappa shape index (κ3) is 18.8. The zero-order valence-electron chi connectivity index (χ0n) is 40.6. The quantitative estimate of drug-likeness (QED) is 0.0635. The van der Waals surface area contributed by atoms with Crippen molar-refractivity contribution >= 4 is 5.78 Å². The number of ether oxygens (including phenoxy) is 7. The van der Waals surface area contributed by atoms with Crippen molar-refractivity contribution in [3.05, 3.63) is 29.3 Å². The molecule has 0 saturated heterocycles. The number of aryl methyl sites for hydroxylation is 1. The van der Waals surface area contributed by atoms with Crippen molar-refractivity contribution in [2.45, 2.75) is 248 Å². The molecule has 344 valence electrons. The highest BCUT2D eigenvalue weighted by molar-refractivity contribution is 6.03. The lowest BCUT2D eigenvalue weighted by molar-refractivity contribution is 0.0956. The zero-order chi connectivity index (χ0) is 44.5. The first-order valence-corrected chi connectivity index (χ1v) is 24.3. The Hall–Kier alpha value is -3.29. The predicted octanol–water partition coefficient (Wildman–Crippen LogP) is 15.3. The van der Waals surface area contributed by atoms with Gasteiger partial charge in [0, 0.05) is 24.1 Å². The lowest BCUT2D eigenvalue weighted by Crippen LogP contribution is -2.22. The first-order valence-electron chi connectivity index (χ1n) is 24.3. The molecule has 0 aliphatic heterocycles. The topological polar surface area (TPSA) is 81.7 Å². The molecule has 8 heteroatoms. The number of hydrogen-bond donors (Lipinski definition) is 0. The van der Waals surface area contributed by atoms with Crippen LogP contribution in [0.2, 0.25) is 0 Å². The third-order valence-corrected chi connectivity index (χ3v) is 11.1. The van der Waals surface area contributed by atoms with E-state index in [0.29, 0.717) is 52.2 Å². The van der Waals surface area contributed by atoms with E-state index in [-0.39, 0.29) is 48.8 Å². The van der Waals surface area contributed by atoms with Gasteiger partial charge in [-0.15, -0.1) is 0 Å². The lowest BCUT2D eigenvalue weighted by atomic mass is 9.98. The van der Waals surface area contributed by atoms with Gasteiger partial charge in [0.1, 0.15) is 11.3 Å². The standard InChI is InChI=1S/C52H88O8/c1-14-20-26-37(7)55-44-34-43(50(46(35-44)54-13)58-40(10)29-23-17-4)32-33-45(53)49-51(59-41(11)30-24-18-5)47(56-38(8)27-21-15-2)36-48(57-39(9)28-22-16-3)52(49)60-42(12)31-25-19-6/h34-42H,14-33H2,1-13H3. The van der Waals surface area contributed by atoms with Gasteiger partial charge in [-0.05, 0) is 92.6 Å². The van der Waals surface area contributed by atoms with E-state index >= 15 is 4.79 Å². The monoisotopic (exact) mass is 841 g/mol. The van der Waals surface area contributed by atoms with E-state index in [1.54, 1.807) is 7.11 Å². The molecule has 0 aliphatic rings. The average Bonchev–Trinajstić information content (AvgIpc) is 3.22. The second-order valence-corrected chi connectivity index (χ2v) is 17.4. The number of carbonyl (C=O) groups is 1. The van der Waals surface area contributed by atoms with Crippen LogP contribution in [0.15, 0.2) is 18.2 Å². The summed E-state index contributed by atoms with van der Waals surface area (Å²) in [6.07, 6.45) is 18.1. The summed E-state index contributed by atoms with van der Waals surface area (Å²) in [6.45, 7) is 25.7. The molecule has 0 aromatic heterocycles. The molecule has 2 aromatic rings. The maximum absolute atomic E-state index is 15.3. The van der Waals surface area contributed by atoms with Crippen LogP contribution >= 0.6 is 0 Å². The molecule has 0 N–H and O–H groups in total. The Kier molecular flexibility index (Phi) is 26.3. The van der Waals surface area contributed by atoms with E-state index in [1.165, 1.54) is 0 Å². The van der Waals surface area contributed by atoms with Crippen molar-refractivity contribution in [3.63, 3.8) is 0 Å². The van der Waals surface area contributed by atoms with Crippen LogP contribution in [0.4, 0.5) is 0 Å². The molecule has 0 fully saturated rings. The highest BCUT2D eigenvalue weighted by Gasteiger charge is 2.32. The van der Waals surface area contributed by atoms with Gasteiger partial charge >= 0.3 is 0 Å². The second-order valence-electron chi connectivity index (χ2n) is 17.4. The molecule has 0 heterocycles. The summed E-state index contributed by atoms with van der Waals surface area (Å²) in [4.78, 5) is 15.3. The predicted molar refractivity (Wildman–Crippen MR) is 250 cm³/mol. The Morgan fingerprint density at radius 3 is 1.17 bits per heavy atom. The minimum atomic E-state index is -0.150. The smallest absolute Gasteiger partial charge is 0.176 e. The summed E-state index contributed by atoms with van der Waals surface area (Å²) in [5, 5.41) is 0. The van der Waals surface area contributed by atoms with Gasteiger partial charge in [0.25, 0.3) is 0 Å². The van der Waals surface area contributed by atoms with Crippen LogP contribution in [-0.2, 0) is 6.42 Å². The molecule has 6 unspecified atom stereocenters. The van der Waals surface area contributed by atoms with Gasteiger partial charge in [0.2, 0.25) is 0 Å². The summed E-state index contributed by atoms with van der Waals surface area (Å²) in [5.74, 6) is 3.83. The molecule has 0 bridgehead atoms. The summed E-state index contributed by atoms with van der Waals surface area (Å²) in [7, 11) is 1.67. The van der Waals surface area contributed by atoms with Crippen LogP contribution in [0.25, 0.3) is 0 Å². The molecule has 2 rings (SSSR count). The highest BCUT2D eigenvalue weighted by atomic mass is 16.5. The average molecular weight is 841 g/mol. The summed E-state index contributed by atoms with van der Waals surface area (Å²) in [6, 6.07) is 5.89. The fraction of sp³-hybridized carbons (Fsp3) is 0.750. The maximum Gasteiger partial charge on any atom is 0.176 e. The summed E-state index contributed by atoms with van der Waals surface area (Å²) in [5.41, 5.74) is 1.26. The van der Waals surface area contributed by atoms with E-state index < -0.39 is 0 Å². The SMILES string of the molecule is CCCCC(C)Oc1cc(CCC(=O)c2c(OC(C)CCCC)c(OC(C)CCCC)cc(OC(C)CCCC)c2OC(C)CCCC)c(OC(C)CCCC)c(OC)c1. The number of benzene rings is 2. The fourth-order valence-electron chi connectivity index (χ4n) is 7.38. The summed E-state index contributed by atoms with van der Waals surface area (Å²) < 4.78 is 46.4. The van der Waals surface area contributed by atoms with Gasteiger partial charge in [-0.2, -0.15) is 0 Å². The number of methoxy groups -OCH3 is 1. The number of carbonyl (C=O) groups excluding carboxylic acids is 1. The molecule has 0 aliphatic carbocycles. The van der Waals surface area contributed by atoms with Crippen molar-refractivity contribution in [1.82, 2.24) is 0 Å². The molecular weight excluding hydrogens is 753 g/mol. The number of Topliss-reactive ketones (excluding diaryl/α,β-unsaturated/α-hetero) is 1. The molecule has 8 nitrogen and oxygen atoms in total. The van der Waals surface area contributed by atoms with E-state index in [2.05, 4.69) is 83.1 Å². The first-order chi connectivity index (χ1) is 28.8. The Morgan fingerprint density at radius 2 is 0.800 bits per heavy atom. The minimum Gasteiger partial charge on any atom is -0.493 e. The van der Waals surface area contributed by atoms with Crippen molar-refractivity contribution < 1.29 is 38.0 Å². The van der Waals surface area contributed by atoms with Crippen LogP contribution in [-0.4, -0.2) is 49.5 Å². The van der Waals surface area contributed by atoms with Crippen molar-refractivity contribution in [2.75, 3.05) is 7.11 Å². The number of ketones is 1. The van der Waals surface area contributed by atoms with Crippen molar-refractivity contribution in [3.8, 4) is 40.2 Å². The van der Waals surface area contributed by atoms with Crippen LogP contribution in [0, 0.1) is 0 Å². The first kappa shape index (κ1) is 52.8. The van der Waals surface area contributed by atoms with Crippen molar-refractivity contribution in [2.24, 2.45) is 0 Å². The van der Waals surface area contributed by atoms with Gasteiger partial charge < -0.3 is 33.2 Å². The minimum absolute atomic E-state index is 0.0313. The largest absolute Gasteiger partial charge is 0.493 e. The zero-order valence-corrected chi connectivity index (χ0v) is 40.6. The Balaban J connectivity index is 2.90. The Bertz CT molecular complexity index is 1420. The molecule has 0 spiro atoms. The molecule has 0 amide bonds. The Morgan fingerprint density at radius 1 is 0.450 bits per heavy atom. The summed E-state index contributed by atoms with van der Waals surface area (Å²) >= 11 is 0. The fourth-order valence-corrected chi connectivity index (χ4v) is 7.38. The number of unbranched alkanes of at least 4 members (excludes halogenated alkanes) is 6. The van der Waals surface area contributed by atoms with Gasteiger partial charge in [-0.25, -0.2) is 0 Å². The molecule has 6 atom stereocenters. The van der Waals surface area contributed by atoms with Crippen LogP contribution < -0.4 is 33.2 Å². The van der Waals surface area contributed by atoms with Gasteiger partial charge in [0.15, 0.2) is 40.3 Å². The number of rotatable bonds is 35. The van der Waals surface area contributed by atoms with Gasteiger partial charge in [-0.3, -0.25) is 4.79 Å². The van der Waals surface area contributed by atoms with E-state index in [4.69, 9.17) is 33.2 Å². The van der Waals surface area contributed by atoms with E-state index in [1.807, 2.05) is 18.2 Å². The van der Waals surface area contributed by atoms with Crippen LogP contribution in [0.5, 0.6) is 40.2 Å². The van der Waals surface area contributed by atoms with Gasteiger partial charge in [0.05, 0.1) is 43.7 Å². The molecule has 0 radical (unpaired) electrons. The normalized spacial score (nSPS) is 14.4. The van der Waals surface area contributed by atoms with Gasteiger partial charge in [-0.1, -0.05) is 119 Å². The highest BCUT2D eigenvalue weighted by Crippen LogP contribution is 2.48. The van der Waals surface area contributed by atoms with Crippen molar-refractivity contribution in [1.29, 1.82) is 0 Å². The lowest BCUT2D eigenvalue weighted by Gasteiger charge is -2.28. The van der Waals surface area contributed by atoms with Crippen LogP contribution in [0.3, 0.4) is 0 Å². The molecule has 2 aromatic carbocycles. The van der Waals surface area contributed by atoms with Crippen LogP contribution in [0.1, 0.15) is 221 Å². The molecule has 0 saturated carbocycles.